The van der Waals surface area contributed by atoms with Gasteiger partial charge in [0.1, 0.15) is 11.6 Å². The molecule has 0 radical (unpaired) electrons. The number of ether oxygens (including phenoxy) is 1. The van der Waals surface area contributed by atoms with Crippen LogP contribution in [0, 0.1) is 5.82 Å². The topological polar surface area (TPSA) is 87.7 Å². The van der Waals surface area contributed by atoms with E-state index in [-0.39, 0.29) is 22.7 Å². The van der Waals surface area contributed by atoms with Crippen molar-refractivity contribution in [1.82, 2.24) is 0 Å². The molecule has 0 aliphatic heterocycles. The van der Waals surface area contributed by atoms with Crippen molar-refractivity contribution in [1.29, 1.82) is 0 Å². The predicted molar refractivity (Wildman–Crippen MR) is 111 cm³/mol. The first kappa shape index (κ1) is 25.1. The summed E-state index contributed by atoms with van der Waals surface area (Å²) >= 11 is 0. The molecule has 32 heavy (non-hydrogen) atoms. The molecule has 2 aromatic rings. The van der Waals surface area contributed by atoms with Crippen LogP contribution in [0.3, 0.4) is 0 Å². The molecule has 0 fully saturated rings. The van der Waals surface area contributed by atoms with Crippen LogP contribution in [-0.2, 0) is 15.0 Å². The molecule has 6 nitrogen and oxygen atoms in total. The average Bonchev–Trinajstić information content (AvgIpc) is 2.67. The normalized spacial score (nSPS) is 13.8. The first-order valence-corrected chi connectivity index (χ1v) is 9.52. The molecule has 0 aromatic heterocycles. The number of para-hydroxylation sites is 2. The minimum Gasteiger partial charge on any atom is -0.496 e. The Balaban J connectivity index is 2.46. The van der Waals surface area contributed by atoms with Gasteiger partial charge in [0.05, 0.1) is 18.5 Å². The number of hydrogen-bond donors (Lipinski definition) is 3. The van der Waals surface area contributed by atoms with Gasteiger partial charge < -0.3 is 20.5 Å². The van der Waals surface area contributed by atoms with E-state index in [1.807, 2.05) is 5.32 Å². The summed E-state index contributed by atoms with van der Waals surface area (Å²) in [4.78, 5) is 24.1. The summed E-state index contributed by atoms with van der Waals surface area (Å²) < 4.78 is 60.9. The Kier molecular flexibility index (Phi) is 7.19. The lowest BCUT2D eigenvalue weighted by atomic mass is 9.74. The predicted octanol–water partition coefficient (Wildman–Crippen LogP) is 4.39. The van der Waals surface area contributed by atoms with Crippen molar-refractivity contribution in [2.45, 2.75) is 44.4 Å². The molecule has 0 aliphatic rings. The highest BCUT2D eigenvalue weighted by Crippen LogP contribution is 2.44. The smallest absolute Gasteiger partial charge is 0.426 e. The number of carbonyl (C=O) groups is 2. The third-order valence-electron chi connectivity index (χ3n) is 4.92. The summed E-state index contributed by atoms with van der Waals surface area (Å²) in [6.45, 7) is 3.86. The Morgan fingerprint density at radius 3 is 2.09 bits per heavy atom. The van der Waals surface area contributed by atoms with E-state index in [1.54, 1.807) is 0 Å². The van der Waals surface area contributed by atoms with Gasteiger partial charge >= 0.3 is 6.18 Å². The number of alkyl halides is 3. The molecular weight excluding hydrogens is 432 g/mol. The SMILES string of the molecule is COc1ccc(F)cc1C(C)(C)CC(O)(C(=O)Nc1ccccc1NC(C)=O)C(F)(F)F. The molecular formula is C22H24F4N2O4. The van der Waals surface area contributed by atoms with E-state index < -0.39 is 41.2 Å². The highest BCUT2D eigenvalue weighted by Gasteiger charge is 2.61. The Morgan fingerprint density at radius 2 is 1.59 bits per heavy atom. The highest BCUT2D eigenvalue weighted by molar-refractivity contribution is 6.02. The van der Waals surface area contributed by atoms with Crippen LogP contribution in [0.2, 0.25) is 0 Å². The Labute approximate surface area is 182 Å². The van der Waals surface area contributed by atoms with E-state index in [0.29, 0.717) is 0 Å². The monoisotopic (exact) mass is 456 g/mol. The molecule has 0 spiro atoms. The largest absolute Gasteiger partial charge is 0.496 e. The van der Waals surface area contributed by atoms with Crippen molar-refractivity contribution < 1.29 is 37.0 Å². The second-order valence-electron chi connectivity index (χ2n) is 7.94. The molecule has 2 aromatic carbocycles. The fourth-order valence-electron chi connectivity index (χ4n) is 3.37. The molecule has 0 saturated carbocycles. The number of methoxy groups -OCH3 is 1. The molecule has 0 bridgehead atoms. The Morgan fingerprint density at radius 1 is 1.03 bits per heavy atom. The summed E-state index contributed by atoms with van der Waals surface area (Å²) in [5.74, 6) is -2.85. The Bertz CT molecular complexity index is 1010. The second-order valence-corrected chi connectivity index (χ2v) is 7.94. The van der Waals surface area contributed by atoms with Gasteiger partial charge in [-0.2, -0.15) is 13.2 Å². The third kappa shape index (κ3) is 5.37. The maximum absolute atomic E-state index is 14.0. The quantitative estimate of drug-likeness (QED) is 0.540. The van der Waals surface area contributed by atoms with Crippen LogP contribution in [0.4, 0.5) is 28.9 Å². The molecule has 3 N–H and O–H groups in total. The molecule has 1 unspecified atom stereocenters. The molecule has 0 saturated heterocycles. The van der Waals surface area contributed by atoms with Crippen LogP contribution in [0.15, 0.2) is 42.5 Å². The first-order valence-electron chi connectivity index (χ1n) is 9.52. The summed E-state index contributed by atoms with van der Waals surface area (Å²) in [7, 11) is 1.27. The van der Waals surface area contributed by atoms with Crippen molar-refractivity contribution in [3.63, 3.8) is 0 Å². The molecule has 174 valence electrons. The number of anilines is 2. The first-order chi connectivity index (χ1) is 14.7. The fourth-order valence-corrected chi connectivity index (χ4v) is 3.37. The van der Waals surface area contributed by atoms with Gasteiger partial charge in [-0.15, -0.1) is 0 Å². The fraction of sp³-hybridized carbons (Fsp3) is 0.364. The number of rotatable bonds is 7. The lowest BCUT2D eigenvalue weighted by Crippen LogP contribution is -2.57. The van der Waals surface area contributed by atoms with Crippen molar-refractivity contribution >= 4 is 23.2 Å². The van der Waals surface area contributed by atoms with Crippen LogP contribution in [-0.4, -0.2) is 35.8 Å². The van der Waals surface area contributed by atoms with Gasteiger partial charge in [-0.25, -0.2) is 4.39 Å². The lowest BCUT2D eigenvalue weighted by Gasteiger charge is -2.37. The maximum Gasteiger partial charge on any atom is 0.426 e. The standard InChI is InChI=1S/C22H24F4N2O4/c1-13(29)27-16-7-5-6-8-17(16)28-19(30)21(31,22(24,25)26)12-20(2,3)15-11-14(23)9-10-18(15)32-4/h5-11,31H,12H2,1-4H3,(H,27,29)(H,28,30). The highest BCUT2D eigenvalue weighted by atomic mass is 19.4. The molecule has 1 atom stereocenters. The van der Waals surface area contributed by atoms with Crippen LogP contribution in [0.25, 0.3) is 0 Å². The van der Waals surface area contributed by atoms with Crippen LogP contribution in [0.1, 0.15) is 32.8 Å². The zero-order valence-corrected chi connectivity index (χ0v) is 17.9. The van der Waals surface area contributed by atoms with E-state index >= 15 is 0 Å². The van der Waals surface area contributed by atoms with Crippen molar-refractivity contribution in [3.8, 4) is 5.75 Å². The van der Waals surface area contributed by atoms with Crippen LogP contribution < -0.4 is 15.4 Å². The third-order valence-corrected chi connectivity index (χ3v) is 4.92. The molecule has 2 amide bonds. The van der Waals surface area contributed by atoms with Crippen molar-refractivity contribution in [2.24, 2.45) is 0 Å². The molecule has 2 rings (SSSR count). The second kappa shape index (κ2) is 9.15. The summed E-state index contributed by atoms with van der Waals surface area (Å²) in [5, 5.41) is 15.1. The zero-order valence-electron chi connectivity index (χ0n) is 17.9. The van der Waals surface area contributed by atoms with Gasteiger partial charge in [0.2, 0.25) is 11.5 Å². The van der Waals surface area contributed by atoms with Gasteiger partial charge in [-0.1, -0.05) is 26.0 Å². The summed E-state index contributed by atoms with van der Waals surface area (Å²) in [6, 6.07) is 8.94. The van der Waals surface area contributed by atoms with E-state index in [1.165, 1.54) is 58.2 Å². The van der Waals surface area contributed by atoms with E-state index in [0.717, 1.165) is 12.1 Å². The van der Waals surface area contributed by atoms with E-state index in [9.17, 15) is 32.3 Å². The summed E-state index contributed by atoms with van der Waals surface area (Å²) in [6.07, 6.45) is -6.49. The lowest BCUT2D eigenvalue weighted by molar-refractivity contribution is -0.254. The van der Waals surface area contributed by atoms with Gasteiger partial charge in [0.25, 0.3) is 5.91 Å². The number of amides is 2. The Hall–Kier alpha value is -3.14. The average molecular weight is 456 g/mol. The van der Waals surface area contributed by atoms with Crippen LogP contribution >= 0.6 is 0 Å². The summed E-state index contributed by atoms with van der Waals surface area (Å²) in [5.41, 5.74) is -5.39. The number of carbonyl (C=O) groups excluding carboxylic acids is 2. The van der Waals surface area contributed by atoms with E-state index in [4.69, 9.17) is 4.74 Å². The number of hydrogen-bond acceptors (Lipinski definition) is 4. The number of benzene rings is 2. The van der Waals surface area contributed by atoms with Gasteiger partial charge in [-0.3, -0.25) is 9.59 Å². The number of aliphatic hydroxyl groups is 1. The number of nitrogens with one attached hydrogen (secondary N) is 2. The van der Waals surface area contributed by atoms with Gasteiger partial charge in [0.15, 0.2) is 0 Å². The number of halogens is 4. The maximum atomic E-state index is 14.0. The van der Waals surface area contributed by atoms with Crippen molar-refractivity contribution in [2.75, 3.05) is 17.7 Å². The molecule has 0 aliphatic carbocycles. The minimum absolute atomic E-state index is 0.0501. The molecule has 10 heteroatoms. The van der Waals surface area contributed by atoms with Crippen LogP contribution in [0.5, 0.6) is 5.75 Å². The minimum atomic E-state index is -5.36. The van der Waals surface area contributed by atoms with Crippen molar-refractivity contribution in [3.05, 3.63) is 53.8 Å². The zero-order chi connectivity index (χ0) is 24.3. The van der Waals surface area contributed by atoms with E-state index in [2.05, 4.69) is 5.32 Å². The molecule has 0 heterocycles. The van der Waals surface area contributed by atoms with Gasteiger partial charge in [0, 0.05) is 18.9 Å². The van der Waals surface area contributed by atoms with Gasteiger partial charge in [-0.05, 0) is 35.7 Å².